The molecule has 0 bridgehead atoms. The van der Waals surface area contributed by atoms with Gasteiger partial charge in [-0.1, -0.05) is 18.2 Å². The van der Waals surface area contributed by atoms with Crippen molar-refractivity contribution in [2.45, 2.75) is 36.1 Å². The fourth-order valence-corrected chi connectivity index (χ4v) is 5.03. The van der Waals surface area contributed by atoms with Crippen molar-refractivity contribution in [2.75, 3.05) is 0 Å². The average molecular weight is 336 g/mol. The van der Waals surface area contributed by atoms with Crippen LogP contribution in [0.2, 0.25) is 0 Å². The summed E-state index contributed by atoms with van der Waals surface area (Å²) in [5.41, 5.74) is 0.386. The number of amides is 2. The number of carbonyl (C=O) groups excluding carboxylic acids is 2. The van der Waals surface area contributed by atoms with E-state index in [1.165, 1.54) is 0 Å². The van der Waals surface area contributed by atoms with E-state index in [2.05, 4.69) is 5.32 Å². The molecule has 2 amide bonds. The molecule has 3 rings (SSSR count). The van der Waals surface area contributed by atoms with Gasteiger partial charge in [0.25, 0.3) is 5.91 Å². The summed E-state index contributed by atoms with van der Waals surface area (Å²) in [5, 5.41) is 11.1. The lowest BCUT2D eigenvalue weighted by molar-refractivity contribution is -0.159. The number of nitrogens with zero attached hydrogens (tertiary/aromatic N) is 1. The maximum Gasteiger partial charge on any atom is 0.328 e. The Balaban J connectivity index is 1.83. The molecule has 1 aromatic rings. The first-order valence-electron chi connectivity index (χ1n) is 7.08. The zero-order valence-electron chi connectivity index (χ0n) is 12.6. The fourth-order valence-electron chi connectivity index (χ4n) is 3.11. The van der Waals surface area contributed by atoms with Gasteiger partial charge in [0.15, 0.2) is 0 Å². The second-order valence-corrected chi connectivity index (χ2v) is 8.22. The second-order valence-electron chi connectivity index (χ2n) is 6.09. The lowest BCUT2D eigenvalue weighted by atomic mass is 9.96. The van der Waals surface area contributed by atoms with Gasteiger partial charge >= 0.3 is 5.97 Å². The molecule has 2 fully saturated rings. The molecule has 2 aliphatic heterocycles. The van der Waals surface area contributed by atoms with E-state index in [4.69, 9.17) is 0 Å². The molecule has 8 heteroatoms. The molecule has 4 atom stereocenters. The highest BCUT2D eigenvalue weighted by molar-refractivity contribution is 7.87. The summed E-state index contributed by atoms with van der Waals surface area (Å²) in [6, 6.07) is 6.26. The van der Waals surface area contributed by atoms with E-state index in [1.807, 2.05) is 0 Å². The van der Waals surface area contributed by atoms with E-state index in [0.717, 1.165) is 4.90 Å². The summed E-state index contributed by atoms with van der Waals surface area (Å²) in [6.45, 7) is 3.12. The first-order chi connectivity index (χ1) is 10.8. The van der Waals surface area contributed by atoms with Crippen molar-refractivity contribution in [2.24, 2.45) is 0 Å². The number of carboxylic acid groups (broad SMARTS) is 1. The summed E-state index contributed by atoms with van der Waals surface area (Å²) >= 11 is 0. The third-order valence-electron chi connectivity index (χ3n) is 4.31. The van der Waals surface area contributed by atoms with Crippen LogP contribution < -0.4 is 5.32 Å². The molecule has 122 valence electrons. The molecule has 0 aromatic heterocycles. The molecular formula is C15H16N2O5S. The highest BCUT2D eigenvalue weighted by Crippen LogP contribution is 2.43. The minimum atomic E-state index is -1.59. The Hall–Kier alpha value is -2.22. The Morgan fingerprint density at radius 1 is 1.26 bits per heavy atom. The molecule has 2 aliphatic rings. The fraction of sp³-hybridized carbons (Fsp3) is 0.400. The van der Waals surface area contributed by atoms with Gasteiger partial charge in [0.2, 0.25) is 5.91 Å². The second kappa shape index (κ2) is 5.16. The Morgan fingerprint density at radius 3 is 2.43 bits per heavy atom. The molecule has 7 nitrogen and oxygen atoms in total. The lowest BCUT2D eigenvalue weighted by Gasteiger charge is -2.43. The molecule has 0 radical (unpaired) electrons. The van der Waals surface area contributed by atoms with Crippen LogP contribution in [-0.4, -0.2) is 54.2 Å². The SMILES string of the molecule is CC1(C)[C@H](C(=O)O)N2C(=O)[C@@H](NC(=O)c3ccccc3)[C@H]2S1=O. The van der Waals surface area contributed by atoms with Gasteiger partial charge in [-0.2, -0.15) is 0 Å². The largest absolute Gasteiger partial charge is 0.480 e. The number of benzene rings is 1. The third kappa shape index (κ3) is 2.16. The number of nitrogens with one attached hydrogen (secondary N) is 1. The van der Waals surface area contributed by atoms with Crippen LogP contribution in [0, 0.1) is 0 Å². The quantitative estimate of drug-likeness (QED) is 0.753. The zero-order chi connectivity index (χ0) is 16.9. The molecular weight excluding hydrogens is 320 g/mol. The predicted octanol–water partition coefficient (Wildman–Crippen LogP) is -0.0526. The van der Waals surface area contributed by atoms with Crippen LogP contribution in [-0.2, 0) is 20.4 Å². The van der Waals surface area contributed by atoms with Crippen LogP contribution in [0.25, 0.3) is 0 Å². The van der Waals surface area contributed by atoms with E-state index < -0.39 is 50.8 Å². The maximum absolute atomic E-state index is 12.6. The molecule has 2 N–H and O–H groups in total. The molecule has 2 saturated heterocycles. The molecule has 0 spiro atoms. The number of hydrogen-bond donors (Lipinski definition) is 2. The summed E-state index contributed by atoms with van der Waals surface area (Å²) in [4.78, 5) is 37.0. The number of β-lactam (4-membered cyclic amide) rings is 1. The van der Waals surface area contributed by atoms with Gasteiger partial charge in [-0.3, -0.25) is 13.8 Å². The Bertz CT molecular complexity index is 718. The maximum atomic E-state index is 12.6. The molecule has 0 aliphatic carbocycles. The van der Waals surface area contributed by atoms with Crippen molar-refractivity contribution in [3.05, 3.63) is 35.9 Å². The lowest BCUT2D eigenvalue weighted by Crippen LogP contribution is -2.71. The predicted molar refractivity (Wildman–Crippen MR) is 82.0 cm³/mol. The first kappa shape index (κ1) is 15.7. The molecule has 1 unspecified atom stereocenters. The Morgan fingerprint density at radius 2 is 1.87 bits per heavy atom. The summed E-state index contributed by atoms with van der Waals surface area (Å²) < 4.78 is 11.5. The number of carbonyl (C=O) groups is 3. The van der Waals surface area contributed by atoms with Crippen molar-refractivity contribution in [1.29, 1.82) is 0 Å². The number of rotatable bonds is 3. The monoisotopic (exact) mass is 336 g/mol. The number of hydrogen-bond acceptors (Lipinski definition) is 4. The molecule has 0 saturated carbocycles. The normalized spacial score (nSPS) is 31.2. The molecule has 23 heavy (non-hydrogen) atoms. The van der Waals surface area contributed by atoms with Crippen LogP contribution in [0.5, 0.6) is 0 Å². The van der Waals surface area contributed by atoms with Crippen molar-refractivity contribution < 1.29 is 23.7 Å². The van der Waals surface area contributed by atoms with Gasteiger partial charge in [0, 0.05) is 5.56 Å². The first-order valence-corrected chi connectivity index (χ1v) is 8.29. The van der Waals surface area contributed by atoms with E-state index in [-0.39, 0.29) is 0 Å². The van der Waals surface area contributed by atoms with Crippen LogP contribution in [0.15, 0.2) is 30.3 Å². The van der Waals surface area contributed by atoms with E-state index in [1.54, 1.807) is 44.2 Å². The van der Waals surface area contributed by atoms with Crippen molar-refractivity contribution in [1.82, 2.24) is 10.2 Å². The highest BCUT2D eigenvalue weighted by atomic mass is 32.2. The summed E-state index contributed by atoms with van der Waals surface area (Å²) in [7, 11) is -1.59. The van der Waals surface area contributed by atoms with Crippen LogP contribution in [0.3, 0.4) is 0 Å². The van der Waals surface area contributed by atoms with E-state index in [9.17, 15) is 23.7 Å². The standard InChI is InChI=1S/C15H16N2O5S/c1-15(2)10(14(20)21)17-12(19)9(13(17)23(15)22)16-11(18)8-6-4-3-5-7-8/h3-7,9-10,13H,1-2H3,(H,16,18)(H,20,21)/t9-,10+,13-,23?/m1/s1. The van der Waals surface area contributed by atoms with Gasteiger partial charge in [0.05, 0.1) is 15.5 Å². The molecule has 1 aromatic carbocycles. The Kier molecular flexibility index (Phi) is 3.51. The van der Waals surface area contributed by atoms with Gasteiger partial charge in [-0.05, 0) is 26.0 Å². The molecule has 2 heterocycles. The van der Waals surface area contributed by atoms with Crippen molar-refractivity contribution in [3.63, 3.8) is 0 Å². The summed E-state index contributed by atoms with van der Waals surface area (Å²) in [6.07, 6.45) is 0. The summed E-state index contributed by atoms with van der Waals surface area (Å²) in [5.74, 6) is -2.14. The number of fused-ring (bicyclic) bond motifs is 1. The van der Waals surface area contributed by atoms with E-state index >= 15 is 0 Å². The van der Waals surface area contributed by atoms with E-state index in [0.29, 0.717) is 5.56 Å². The average Bonchev–Trinajstić information content (AvgIpc) is 2.70. The van der Waals surface area contributed by atoms with Crippen LogP contribution >= 0.6 is 0 Å². The zero-order valence-corrected chi connectivity index (χ0v) is 13.4. The van der Waals surface area contributed by atoms with Crippen LogP contribution in [0.4, 0.5) is 0 Å². The van der Waals surface area contributed by atoms with Gasteiger partial charge < -0.3 is 15.3 Å². The van der Waals surface area contributed by atoms with Gasteiger partial charge in [-0.25, -0.2) is 4.79 Å². The number of aliphatic carboxylic acids is 1. The third-order valence-corrected chi connectivity index (χ3v) is 6.51. The minimum Gasteiger partial charge on any atom is -0.480 e. The Labute approximate surface area is 135 Å². The van der Waals surface area contributed by atoms with Crippen LogP contribution in [0.1, 0.15) is 24.2 Å². The topological polar surface area (TPSA) is 104 Å². The van der Waals surface area contributed by atoms with Crippen molar-refractivity contribution >= 4 is 28.6 Å². The van der Waals surface area contributed by atoms with Gasteiger partial charge in [-0.15, -0.1) is 0 Å². The highest BCUT2D eigenvalue weighted by Gasteiger charge is 2.68. The minimum absolute atomic E-state index is 0.386. The van der Waals surface area contributed by atoms with Crippen molar-refractivity contribution in [3.8, 4) is 0 Å². The number of carboxylic acids is 1. The smallest absolute Gasteiger partial charge is 0.328 e. The van der Waals surface area contributed by atoms with Gasteiger partial charge in [0.1, 0.15) is 17.5 Å².